The number of piperidine rings is 1. The molecule has 2 heterocycles. The zero-order valence-electron chi connectivity index (χ0n) is 19.5. The van der Waals surface area contributed by atoms with Crippen molar-refractivity contribution in [2.45, 2.75) is 70.3 Å². The van der Waals surface area contributed by atoms with Gasteiger partial charge in [0.25, 0.3) is 5.91 Å². The van der Waals surface area contributed by atoms with Gasteiger partial charge in [-0.05, 0) is 67.6 Å². The number of nitrogens with zero attached hydrogens (tertiary/aromatic N) is 1. The number of benzene rings is 2. The Hall–Kier alpha value is -3.08. The summed E-state index contributed by atoms with van der Waals surface area (Å²) >= 11 is 0. The van der Waals surface area contributed by atoms with Crippen LogP contribution in [-0.4, -0.2) is 45.3 Å². The van der Waals surface area contributed by atoms with E-state index in [1.807, 2.05) is 13.8 Å². The standard InChI is InChI=1S/C25H29F2N3O5/c1-14(2)35-18-6-4-17(5-7-18)25(26,27)24(34)28-12-15-3-8-19-16(11-15)13-30(23(19)33)20-9-10-21(31)29-22(20)32/h3-8,11,14,20-21,23,31,33H,9-10,12-13H2,1-2H3,(H,28,34)(H,29,32). The fraction of sp³-hybridized carbons (Fsp3) is 0.440. The van der Waals surface area contributed by atoms with Crippen LogP contribution in [-0.2, 0) is 28.6 Å². The second-order valence-electron chi connectivity index (χ2n) is 9.14. The van der Waals surface area contributed by atoms with Gasteiger partial charge in [-0.3, -0.25) is 14.5 Å². The second kappa shape index (κ2) is 9.88. The number of halogens is 2. The number of carbonyl (C=O) groups is 2. The molecule has 1 saturated heterocycles. The van der Waals surface area contributed by atoms with Gasteiger partial charge in [-0.2, -0.15) is 8.78 Å². The van der Waals surface area contributed by atoms with Crippen molar-refractivity contribution in [1.82, 2.24) is 15.5 Å². The largest absolute Gasteiger partial charge is 0.491 e. The minimum atomic E-state index is -3.72. The molecule has 2 aromatic carbocycles. The first-order valence-electron chi connectivity index (χ1n) is 11.5. The van der Waals surface area contributed by atoms with Crippen LogP contribution < -0.4 is 15.4 Å². The van der Waals surface area contributed by atoms with E-state index in [2.05, 4.69) is 10.6 Å². The molecule has 0 aliphatic carbocycles. The molecule has 10 heteroatoms. The van der Waals surface area contributed by atoms with Crippen LogP contribution in [0.3, 0.4) is 0 Å². The lowest BCUT2D eigenvalue weighted by Gasteiger charge is -2.34. The number of rotatable bonds is 7. The zero-order valence-corrected chi connectivity index (χ0v) is 19.5. The Morgan fingerprint density at radius 2 is 1.91 bits per heavy atom. The summed E-state index contributed by atoms with van der Waals surface area (Å²) < 4.78 is 34.8. The van der Waals surface area contributed by atoms with Gasteiger partial charge in [0.05, 0.1) is 12.1 Å². The molecule has 2 aromatic rings. The van der Waals surface area contributed by atoms with Crippen LogP contribution in [0, 0.1) is 0 Å². The summed E-state index contributed by atoms with van der Waals surface area (Å²) in [5.41, 5.74) is 1.52. The number of hydrogen-bond donors (Lipinski definition) is 4. The summed E-state index contributed by atoms with van der Waals surface area (Å²) in [4.78, 5) is 26.2. The topological polar surface area (TPSA) is 111 Å². The van der Waals surface area contributed by atoms with E-state index < -0.39 is 35.9 Å². The maximum atomic E-state index is 14.7. The third kappa shape index (κ3) is 5.29. The molecule has 1 fully saturated rings. The normalized spacial score (nSPS) is 22.6. The molecule has 2 amide bonds. The minimum absolute atomic E-state index is 0.0992. The van der Waals surface area contributed by atoms with Crippen LogP contribution in [0.25, 0.3) is 0 Å². The van der Waals surface area contributed by atoms with Crippen molar-refractivity contribution in [3.8, 4) is 5.75 Å². The first-order valence-corrected chi connectivity index (χ1v) is 11.5. The van der Waals surface area contributed by atoms with Gasteiger partial charge in [0, 0.05) is 18.7 Å². The lowest BCUT2D eigenvalue weighted by Crippen LogP contribution is -2.53. The predicted octanol–water partition coefficient (Wildman–Crippen LogP) is 2.29. The fourth-order valence-corrected chi connectivity index (χ4v) is 4.44. The fourth-order valence-electron chi connectivity index (χ4n) is 4.44. The Bertz CT molecular complexity index is 1090. The van der Waals surface area contributed by atoms with Crippen molar-refractivity contribution in [3.63, 3.8) is 0 Å². The molecule has 0 radical (unpaired) electrons. The number of amides is 2. The van der Waals surface area contributed by atoms with Crippen molar-refractivity contribution in [2.24, 2.45) is 0 Å². The average molecular weight is 490 g/mol. The van der Waals surface area contributed by atoms with Crippen LogP contribution in [0.1, 0.15) is 55.2 Å². The van der Waals surface area contributed by atoms with Crippen molar-refractivity contribution in [1.29, 1.82) is 0 Å². The highest BCUT2D eigenvalue weighted by Crippen LogP contribution is 2.36. The molecule has 8 nitrogen and oxygen atoms in total. The van der Waals surface area contributed by atoms with Gasteiger partial charge < -0.3 is 25.6 Å². The molecule has 0 aromatic heterocycles. The highest BCUT2D eigenvalue weighted by molar-refractivity contribution is 5.85. The predicted molar refractivity (Wildman–Crippen MR) is 122 cm³/mol. The van der Waals surface area contributed by atoms with Crippen LogP contribution in [0.5, 0.6) is 5.75 Å². The van der Waals surface area contributed by atoms with Crippen LogP contribution >= 0.6 is 0 Å². The van der Waals surface area contributed by atoms with Crippen molar-refractivity contribution < 1.29 is 33.3 Å². The minimum Gasteiger partial charge on any atom is -0.491 e. The summed E-state index contributed by atoms with van der Waals surface area (Å²) in [5, 5.41) is 25.0. The molecular formula is C25H29F2N3O5. The van der Waals surface area contributed by atoms with E-state index in [4.69, 9.17) is 4.74 Å². The molecule has 0 saturated carbocycles. The molecule has 35 heavy (non-hydrogen) atoms. The Morgan fingerprint density at radius 1 is 1.20 bits per heavy atom. The van der Waals surface area contributed by atoms with Gasteiger partial charge in [-0.25, -0.2) is 0 Å². The summed E-state index contributed by atoms with van der Waals surface area (Å²) in [7, 11) is 0. The second-order valence-corrected chi connectivity index (χ2v) is 9.14. The number of carbonyl (C=O) groups excluding carboxylic acids is 2. The Kier molecular flexibility index (Phi) is 7.07. The number of hydrogen-bond acceptors (Lipinski definition) is 6. The molecule has 3 unspecified atom stereocenters. The molecule has 4 N–H and O–H groups in total. The monoisotopic (exact) mass is 489 g/mol. The van der Waals surface area contributed by atoms with Crippen LogP contribution in [0.4, 0.5) is 8.78 Å². The number of aliphatic hydroxyl groups is 2. The lowest BCUT2D eigenvalue weighted by molar-refractivity contribution is -0.147. The highest BCUT2D eigenvalue weighted by Gasteiger charge is 2.41. The van der Waals surface area contributed by atoms with Gasteiger partial charge in [0.15, 0.2) is 0 Å². The lowest BCUT2D eigenvalue weighted by atomic mass is 10.0. The SMILES string of the molecule is CC(C)Oc1ccc(C(F)(F)C(=O)NCc2ccc3c(c2)CN(C2CCC(O)NC2=O)C3O)cc1. The maximum absolute atomic E-state index is 14.7. The van der Waals surface area contributed by atoms with Gasteiger partial charge in [0.1, 0.15) is 18.2 Å². The number of aliphatic hydroxyl groups excluding tert-OH is 2. The summed E-state index contributed by atoms with van der Waals surface area (Å²) in [6, 6.07) is 9.61. The number of ether oxygens (including phenoxy) is 1. The van der Waals surface area contributed by atoms with E-state index in [1.165, 1.54) is 24.3 Å². The van der Waals surface area contributed by atoms with E-state index in [0.717, 1.165) is 5.56 Å². The molecule has 188 valence electrons. The number of fused-ring (bicyclic) bond motifs is 1. The molecule has 2 aliphatic heterocycles. The van der Waals surface area contributed by atoms with Gasteiger partial charge in [-0.1, -0.05) is 18.2 Å². The molecule has 3 atom stereocenters. The molecule has 0 spiro atoms. The zero-order chi connectivity index (χ0) is 25.3. The maximum Gasteiger partial charge on any atom is 0.349 e. The Morgan fingerprint density at radius 3 is 2.57 bits per heavy atom. The summed E-state index contributed by atoms with van der Waals surface area (Å²) in [5.74, 6) is -5.06. The summed E-state index contributed by atoms with van der Waals surface area (Å²) in [6.07, 6.45) is -1.19. The van der Waals surface area contributed by atoms with E-state index in [9.17, 15) is 28.6 Å². The van der Waals surface area contributed by atoms with E-state index >= 15 is 0 Å². The molecule has 4 rings (SSSR count). The first-order chi connectivity index (χ1) is 16.6. The molecule has 0 bridgehead atoms. The third-order valence-corrected chi connectivity index (χ3v) is 6.20. The molecular weight excluding hydrogens is 460 g/mol. The smallest absolute Gasteiger partial charge is 0.349 e. The average Bonchev–Trinajstić information content (AvgIpc) is 3.13. The highest BCUT2D eigenvalue weighted by atomic mass is 19.3. The Labute approximate surface area is 201 Å². The van der Waals surface area contributed by atoms with Crippen molar-refractivity contribution in [2.75, 3.05) is 0 Å². The van der Waals surface area contributed by atoms with Crippen molar-refractivity contribution >= 4 is 11.8 Å². The summed E-state index contributed by atoms with van der Waals surface area (Å²) in [6.45, 7) is 3.81. The van der Waals surface area contributed by atoms with Crippen LogP contribution in [0.15, 0.2) is 42.5 Å². The van der Waals surface area contributed by atoms with E-state index in [1.54, 1.807) is 23.1 Å². The van der Waals surface area contributed by atoms with E-state index in [0.29, 0.717) is 29.7 Å². The Balaban J connectivity index is 1.39. The first kappa shape index (κ1) is 25.0. The number of alkyl halides is 2. The quantitative estimate of drug-likeness (QED) is 0.475. The van der Waals surface area contributed by atoms with E-state index in [-0.39, 0.29) is 25.1 Å². The molecule has 2 aliphatic rings. The van der Waals surface area contributed by atoms with Gasteiger partial charge >= 0.3 is 5.92 Å². The van der Waals surface area contributed by atoms with Gasteiger partial charge in [-0.15, -0.1) is 0 Å². The van der Waals surface area contributed by atoms with Crippen LogP contribution in [0.2, 0.25) is 0 Å². The third-order valence-electron chi connectivity index (χ3n) is 6.20. The van der Waals surface area contributed by atoms with Crippen molar-refractivity contribution in [3.05, 3.63) is 64.7 Å². The number of nitrogens with one attached hydrogen (secondary N) is 2. The van der Waals surface area contributed by atoms with Gasteiger partial charge in [0.2, 0.25) is 5.91 Å².